The van der Waals surface area contributed by atoms with Gasteiger partial charge in [-0.25, -0.2) is 0 Å². The zero-order valence-corrected chi connectivity index (χ0v) is 16.2. The molecule has 1 fully saturated rings. The number of carboxylic acid groups (broad SMARTS) is 1. The molecule has 0 radical (unpaired) electrons. The molecule has 4 atom stereocenters. The Morgan fingerprint density at radius 3 is 2.59 bits per heavy atom. The Morgan fingerprint density at radius 2 is 1.90 bits per heavy atom. The molecule has 160 valence electrons. The topological polar surface area (TPSA) is 87.0 Å². The summed E-state index contributed by atoms with van der Waals surface area (Å²) in [5.74, 6) is -4.67. The van der Waals surface area contributed by atoms with E-state index in [2.05, 4.69) is 0 Å². The summed E-state index contributed by atoms with van der Waals surface area (Å²) in [7, 11) is 0. The molecular formula is C22H28F2O5. The minimum atomic E-state index is -3.21. The first kappa shape index (κ1) is 23.0. The van der Waals surface area contributed by atoms with Crippen LogP contribution in [0.2, 0.25) is 0 Å². The lowest BCUT2D eigenvalue weighted by atomic mass is 9.89. The molecule has 0 spiro atoms. The molecule has 0 heterocycles. The second kappa shape index (κ2) is 11.1. The number of halogens is 2. The number of ether oxygens (including phenoxy) is 1. The largest absolute Gasteiger partial charge is 0.487 e. The summed E-state index contributed by atoms with van der Waals surface area (Å²) in [4.78, 5) is 10.5. The molecule has 29 heavy (non-hydrogen) atoms. The number of rotatable bonds is 11. The molecule has 2 rings (SSSR count). The van der Waals surface area contributed by atoms with Crippen molar-refractivity contribution in [1.29, 1.82) is 0 Å². The van der Waals surface area contributed by atoms with Gasteiger partial charge in [-0.05, 0) is 43.4 Å². The third kappa shape index (κ3) is 7.95. The summed E-state index contributed by atoms with van der Waals surface area (Å²) in [6, 6.07) is 8.34. The van der Waals surface area contributed by atoms with Gasteiger partial charge in [0.1, 0.15) is 5.75 Å². The highest BCUT2D eigenvalue weighted by atomic mass is 19.3. The maximum Gasteiger partial charge on any atom is 0.303 e. The number of carbonyl (C=O) groups is 1. The van der Waals surface area contributed by atoms with Gasteiger partial charge in [0.15, 0.2) is 6.61 Å². The molecule has 3 N–H and O–H groups in total. The molecule has 1 aliphatic rings. The molecule has 0 saturated heterocycles. The van der Waals surface area contributed by atoms with Crippen molar-refractivity contribution in [2.24, 2.45) is 11.8 Å². The van der Waals surface area contributed by atoms with Crippen LogP contribution in [0.3, 0.4) is 0 Å². The van der Waals surface area contributed by atoms with Crippen molar-refractivity contribution >= 4 is 5.97 Å². The van der Waals surface area contributed by atoms with Gasteiger partial charge < -0.3 is 20.1 Å². The molecule has 0 amide bonds. The minimum Gasteiger partial charge on any atom is -0.487 e. The molecule has 0 aliphatic heterocycles. The zero-order valence-electron chi connectivity index (χ0n) is 16.2. The monoisotopic (exact) mass is 410 g/mol. The van der Waals surface area contributed by atoms with Crippen LogP contribution in [0.5, 0.6) is 5.75 Å². The lowest BCUT2D eigenvalue weighted by molar-refractivity contribution is -0.137. The number of alkyl halides is 2. The average molecular weight is 410 g/mol. The summed E-state index contributed by atoms with van der Waals surface area (Å²) < 4.78 is 33.4. The fourth-order valence-corrected chi connectivity index (χ4v) is 3.45. The molecule has 0 aromatic heterocycles. The zero-order chi connectivity index (χ0) is 21.3. The summed E-state index contributed by atoms with van der Waals surface area (Å²) in [6.45, 7) is -0.812. The van der Waals surface area contributed by atoms with Gasteiger partial charge in [0.05, 0.1) is 12.2 Å². The number of carboxylic acids is 1. The van der Waals surface area contributed by atoms with E-state index in [4.69, 9.17) is 9.84 Å². The molecule has 0 bridgehead atoms. The predicted molar refractivity (Wildman–Crippen MR) is 105 cm³/mol. The molecule has 1 saturated carbocycles. The third-order valence-electron chi connectivity index (χ3n) is 4.99. The van der Waals surface area contributed by atoms with Gasteiger partial charge in [0.2, 0.25) is 0 Å². The van der Waals surface area contributed by atoms with Crippen LogP contribution in [0.1, 0.15) is 32.1 Å². The van der Waals surface area contributed by atoms with Crippen LogP contribution in [-0.2, 0) is 4.79 Å². The van der Waals surface area contributed by atoms with Gasteiger partial charge in [-0.1, -0.05) is 36.4 Å². The molecule has 5 nitrogen and oxygen atoms in total. The normalized spacial score (nSPS) is 25.1. The van der Waals surface area contributed by atoms with Gasteiger partial charge in [-0.3, -0.25) is 4.79 Å². The summed E-state index contributed by atoms with van der Waals surface area (Å²) >= 11 is 0. The minimum absolute atomic E-state index is 0.0839. The van der Waals surface area contributed by atoms with Crippen molar-refractivity contribution in [3.8, 4) is 5.75 Å². The number of aliphatic hydroxyl groups is 2. The second-order valence-electron chi connectivity index (χ2n) is 7.33. The quantitative estimate of drug-likeness (QED) is 0.381. The SMILES string of the molecule is O=C(O)CCC/C=C\CC1C(O)CC(O)[C@@H]1/C=C/C(F)(F)COc1ccccc1. The van der Waals surface area contributed by atoms with Gasteiger partial charge in [0.25, 0.3) is 5.92 Å². The molecule has 1 aromatic carbocycles. The molecule has 3 unspecified atom stereocenters. The van der Waals surface area contributed by atoms with E-state index >= 15 is 0 Å². The Labute approximate surface area is 169 Å². The van der Waals surface area contributed by atoms with Crippen molar-refractivity contribution < 1.29 is 33.6 Å². The molecule has 7 heteroatoms. The van der Waals surface area contributed by atoms with E-state index in [0.29, 0.717) is 25.0 Å². The number of aliphatic hydroxyl groups excluding tert-OH is 2. The van der Waals surface area contributed by atoms with Gasteiger partial charge in [0, 0.05) is 18.8 Å². The first-order chi connectivity index (χ1) is 13.8. The van der Waals surface area contributed by atoms with Crippen LogP contribution >= 0.6 is 0 Å². The van der Waals surface area contributed by atoms with Crippen LogP contribution in [-0.4, -0.2) is 46.0 Å². The Balaban J connectivity index is 1.89. The van der Waals surface area contributed by atoms with E-state index < -0.39 is 36.6 Å². The van der Waals surface area contributed by atoms with Crippen LogP contribution in [0.15, 0.2) is 54.6 Å². The van der Waals surface area contributed by atoms with E-state index in [1.165, 1.54) is 6.08 Å². The van der Waals surface area contributed by atoms with E-state index in [0.717, 1.165) is 6.08 Å². The van der Waals surface area contributed by atoms with Crippen LogP contribution in [0.25, 0.3) is 0 Å². The lowest BCUT2D eigenvalue weighted by Crippen LogP contribution is -2.25. The molecule has 1 aliphatic carbocycles. The fraction of sp³-hybridized carbons (Fsp3) is 0.500. The van der Waals surface area contributed by atoms with E-state index in [1.807, 2.05) is 12.2 Å². The highest BCUT2D eigenvalue weighted by Gasteiger charge is 2.40. The number of benzene rings is 1. The Kier molecular flexibility index (Phi) is 8.79. The highest BCUT2D eigenvalue weighted by Crippen LogP contribution is 2.37. The lowest BCUT2D eigenvalue weighted by Gasteiger charge is -2.20. The van der Waals surface area contributed by atoms with Crippen LogP contribution < -0.4 is 4.74 Å². The van der Waals surface area contributed by atoms with Gasteiger partial charge in [-0.15, -0.1) is 0 Å². The van der Waals surface area contributed by atoms with Crippen LogP contribution in [0.4, 0.5) is 8.78 Å². The Hall–Kier alpha value is -2.25. The second-order valence-corrected chi connectivity index (χ2v) is 7.33. The molecule has 1 aromatic rings. The first-order valence-electron chi connectivity index (χ1n) is 9.76. The smallest absolute Gasteiger partial charge is 0.303 e. The van der Waals surface area contributed by atoms with Gasteiger partial charge >= 0.3 is 5.97 Å². The number of aliphatic carboxylic acids is 1. The van der Waals surface area contributed by atoms with E-state index in [1.54, 1.807) is 30.3 Å². The van der Waals surface area contributed by atoms with Crippen molar-refractivity contribution in [3.63, 3.8) is 0 Å². The Morgan fingerprint density at radius 1 is 1.17 bits per heavy atom. The maximum absolute atomic E-state index is 14.2. The van der Waals surface area contributed by atoms with E-state index in [9.17, 15) is 23.8 Å². The predicted octanol–water partition coefficient (Wildman–Crippen LogP) is 3.82. The van der Waals surface area contributed by atoms with Crippen molar-refractivity contribution in [1.82, 2.24) is 0 Å². The summed E-state index contributed by atoms with van der Waals surface area (Å²) in [5.41, 5.74) is 0. The summed E-state index contributed by atoms with van der Waals surface area (Å²) in [5, 5.41) is 28.9. The number of para-hydroxylation sites is 1. The molecular weight excluding hydrogens is 382 g/mol. The van der Waals surface area contributed by atoms with Crippen molar-refractivity contribution in [2.45, 2.75) is 50.2 Å². The van der Waals surface area contributed by atoms with Crippen molar-refractivity contribution in [3.05, 3.63) is 54.6 Å². The van der Waals surface area contributed by atoms with Crippen LogP contribution in [0, 0.1) is 11.8 Å². The Bertz CT molecular complexity index is 690. The fourth-order valence-electron chi connectivity index (χ4n) is 3.45. The first-order valence-corrected chi connectivity index (χ1v) is 9.76. The number of unbranched alkanes of at least 4 members (excludes halogenated alkanes) is 1. The van der Waals surface area contributed by atoms with Crippen molar-refractivity contribution in [2.75, 3.05) is 6.61 Å². The average Bonchev–Trinajstić information content (AvgIpc) is 2.94. The number of hydrogen-bond donors (Lipinski definition) is 3. The standard InChI is InChI=1S/C22H28F2O5/c23-22(24,15-29-16-8-4-3-5-9-16)13-12-18-17(19(25)14-20(18)26)10-6-1-2-7-11-21(27)28/h1,3-6,8-9,12-13,17-20,25-26H,2,7,10-11,14-15H2,(H,27,28)/b6-1-,13-12+/t17?,18-,19?,20?/m1/s1. The number of hydrogen-bond acceptors (Lipinski definition) is 4. The maximum atomic E-state index is 14.2. The number of allylic oxidation sites excluding steroid dienone is 2. The van der Waals surface area contributed by atoms with E-state index in [-0.39, 0.29) is 18.8 Å². The highest BCUT2D eigenvalue weighted by molar-refractivity contribution is 5.66. The summed E-state index contributed by atoms with van der Waals surface area (Å²) in [6.07, 6.45) is 5.73. The third-order valence-corrected chi connectivity index (χ3v) is 4.99. The van der Waals surface area contributed by atoms with Gasteiger partial charge in [-0.2, -0.15) is 8.78 Å².